The van der Waals surface area contributed by atoms with Crippen molar-refractivity contribution >= 4 is 29.2 Å². The van der Waals surface area contributed by atoms with E-state index in [-0.39, 0.29) is 6.42 Å². The fourth-order valence-corrected chi connectivity index (χ4v) is 3.11. The highest BCUT2D eigenvalue weighted by Crippen LogP contribution is 2.27. The van der Waals surface area contributed by atoms with Gasteiger partial charge in [0.2, 0.25) is 0 Å². The highest BCUT2D eigenvalue weighted by atomic mass is 32.1. The van der Waals surface area contributed by atoms with Gasteiger partial charge in [0.1, 0.15) is 5.69 Å². The summed E-state index contributed by atoms with van der Waals surface area (Å²) in [5, 5.41) is 32.5. The Kier molecular flexibility index (Phi) is 11.5. The molecule has 0 aliphatic carbocycles. The summed E-state index contributed by atoms with van der Waals surface area (Å²) in [5.41, 5.74) is 1.88. The number of nitrogens with zero attached hydrogens (tertiary/aromatic N) is 3. The first kappa shape index (κ1) is 27.7. The number of unbranched alkanes of at least 4 members (excludes halogenated alkanes) is 2. The van der Waals surface area contributed by atoms with Gasteiger partial charge in [-0.25, -0.2) is 9.59 Å². The molecule has 14 heteroatoms. The van der Waals surface area contributed by atoms with Crippen molar-refractivity contribution in [2.75, 3.05) is 26.7 Å². The van der Waals surface area contributed by atoms with E-state index in [0.717, 1.165) is 42.5 Å². The number of carboxylic acid groups (broad SMARTS) is 2. The third-order valence-corrected chi connectivity index (χ3v) is 4.76. The van der Waals surface area contributed by atoms with Crippen molar-refractivity contribution in [3.05, 3.63) is 11.8 Å². The molecule has 0 saturated carbocycles. The minimum atomic E-state index is -4.06. The van der Waals surface area contributed by atoms with Crippen LogP contribution in [0.15, 0.2) is 6.08 Å². The topological polar surface area (TPSA) is 153 Å². The lowest BCUT2D eigenvalue weighted by molar-refractivity contribution is -0.165. The van der Waals surface area contributed by atoms with Gasteiger partial charge >= 0.3 is 18.1 Å². The Bertz CT molecular complexity index is 755. The molecule has 0 fully saturated rings. The number of aliphatic hydroxyl groups is 2. The second-order valence-electron chi connectivity index (χ2n) is 7.01. The highest BCUT2D eigenvalue weighted by molar-refractivity contribution is 6.99. The first-order valence-electron chi connectivity index (χ1n) is 9.64. The molecule has 2 rings (SSSR count). The zero-order chi connectivity index (χ0) is 24.3. The summed E-state index contributed by atoms with van der Waals surface area (Å²) in [6.45, 7) is 2.21. The number of ether oxygens (including phenoxy) is 1. The lowest BCUT2D eigenvalue weighted by Crippen LogP contribution is -2.39. The predicted octanol–water partition coefficient (Wildman–Crippen LogP) is 1.64. The van der Waals surface area contributed by atoms with Gasteiger partial charge in [0, 0.05) is 19.5 Å². The Morgan fingerprint density at radius 2 is 1.78 bits per heavy atom. The van der Waals surface area contributed by atoms with Gasteiger partial charge < -0.3 is 30.1 Å². The van der Waals surface area contributed by atoms with Crippen LogP contribution in [0.2, 0.25) is 0 Å². The summed E-state index contributed by atoms with van der Waals surface area (Å²) in [6, 6.07) is 0. The maximum atomic E-state index is 12.0. The molecular formula is C18H26F3N3O7S. The van der Waals surface area contributed by atoms with Crippen molar-refractivity contribution in [2.24, 2.45) is 0 Å². The zero-order valence-corrected chi connectivity index (χ0v) is 18.1. The van der Waals surface area contributed by atoms with Crippen LogP contribution < -0.4 is 4.74 Å². The van der Waals surface area contributed by atoms with Crippen molar-refractivity contribution in [2.45, 2.75) is 50.5 Å². The molecule has 1 aliphatic heterocycles. The molecule has 1 aromatic rings. The quantitative estimate of drug-likeness (QED) is 0.360. The molecular weight excluding hydrogens is 459 g/mol. The van der Waals surface area contributed by atoms with Crippen LogP contribution in [-0.2, 0) is 9.59 Å². The minimum absolute atomic E-state index is 0.144. The minimum Gasteiger partial charge on any atom is -0.479 e. The number of hydrogen-bond donors (Lipinski definition) is 4. The summed E-state index contributed by atoms with van der Waals surface area (Å²) in [6.07, 6.45) is -4.97. The first-order chi connectivity index (χ1) is 14.9. The average molecular weight is 485 g/mol. The maximum Gasteiger partial charge on any atom is 0.389 e. The molecule has 1 aromatic heterocycles. The molecule has 0 aromatic carbocycles. The molecule has 32 heavy (non-hydrogen) atoms. The van der Waals surface area contributed by atoms with Crippen molar-refractivity contribution in [1.29, 1.82) is 0 Å². The van der Waals surface area contributed by atoms with E-state index in [1.54, 1.807) is 0 Å². The molecule has 4 N–H and O–H groups in total. The Morgan fingerprint density at radius 3 is 2.31 bits per heavy atom. The molecule has 0 radical (unpaired) electrons. The van der Waals surface area contributed by atoms with Crippen LogP contribution in [0.4, 0.5) is 13.2 Å². The summed E-state index contributed by atoms with van der Waals surface area (Å²) >= 11 is 1.10. The number of likely N-dealkylation sites (N-methyl/N-ethyl adjacent to an activating group) is 1. The molecule has 0 amide bonds. The summed E-state index contributed by atoms with van der Waals surface area (Å²) in [7, 11) is 2.05. The number of alkyl halides is 3. The van der Waals surface area contributed by atoms with Gasteiger partial charge in [-0.15, -0.1) is 4.37 Å². The van der Waals surface area contributed by atoms with Crippen LogP contribution in [0.5, 0.6) is 5.88 Å². The third-order valence-electron chi connectivity index (χ3n) is 4.25. The summed E-state index contributed by atoms with van der Waals surface area (Å²) in [5.74, 6) is -3.04. The number of rotatable bonds is 10. The largest absolute Gasteiger partial charge is 0.479 e. The first-order valence-corrected chi connectivity index (χ1v) is 10.4. The molecule has 1 aliphatic rings. The van der Waals surface area contributed by atoms with Gasteiger partial charge in [0.25, 0.3) is 5.88 Å². The average Bonchev–Trinajstić information content (AvgIpc) is 3.17. The standard InChI is InChI=1S/C14H20F3N3OS.C4H6O6/c1-20-8-5-6-11(10-20)12-13(19-22-18-12)21-9-4-2-3-7-14(15,16)17;5-1(3(7)8)2(6)4(9)10/h6H,2-5,7-10H2,1H3;1-2,5-6H,(H,7,8)(H,9,10)/t;1-,2-/m.1/s1. The van der Waals surface area contributed by atoms with E-state index in [1.807, 2.05) is 7.05 Å². The Hall–Kier alpha value is -2.29. The van der Waals surface area contributed by atoms with E-state index < -0.39 is 36.7 Å². The highest BCUT2D eigenvalue weighted by Gasteiger charge is 2.29. The van der Waals surface area contributed by atoms with Crippen molar-refractivity contribution in [1.82, 2.24) is 13.6 Å². The van der Waals surface area contributed by atoms with Gasteiger partial charge in [-0.1, -0.05) is 6.08 Å². The van der Waals surface area contributed by atoms with Gasteiger partial charge in [-0.05, 0) is 38.3 Å². The number of aliphatic hydroxyl groups excluding tert-OH is 2. The fraction of sp³-hybridized carbons (Fsp3) is 0.667. The van der Waals surface area contributed by atoms with Crippen LogP contribution in [0, 0.1) is 0 Å². The van der Waals surface area contributed by atoms with Crippen LogP contribution >= 0.6 is 11.7 Å². The van der Waals surface area contributed by atoms with E-state index in [1.165, 1.54) is 0 Å². The van der Waals surface area contributed by atoms with Crippen LogP contribution in [0.1, 0.15) is 37.8 Å². The number of aliphatic carboxylic acids is 2. The van der Waals surface area contributed by atoms with E-state index >= 15 is 0 Å². The molecule has 0 spiro atoms. The van der Waals surface area contributed by atoms with E-state index in [4.69, 9.17) is 25.2 Å². The second-order valence-corrected chi connectivity index (χ2v) is 7.54. The lowest BCUT2D eigenvalue weighted by atomic mass is 10.1. The fourth-order valence-electron chi connectivity index (χ4n) is 2.58. The van der Waals surface area contributed by atoms with Gasteiger partial charge in [0.05, 0.1) is 18.3 Å². The Morgan fingerprint density at radius 1 is 1.16 bits per heavy atom. The molecule has 182 valence electrons. The number of carboxylic acids is 2. The third kappa shape index (κ3) is 10.3. The van der Waals surface area contributed by atoms with Crippen LogP contribution in [0.25, 0.3) is 5.57 Å². The molecule has 10 nitrogen and oxygen atoms in total. The smallest absolute Gasteiger partial charge is 0.389 e. The number of hydrogen-bond acceptors (Lipinski definition) is 9. The zero-order valence-electron chi connectivity index (χ0n) is 17.3. The molecule has 0 unspecified atom stereocenters. The number of halogens is 3. The second kappa shape index (κ2) is 13.3. The molecule has 0 bridgehead atoms. The van der Waals surface area contributed by atoms with E-state index in [0.29, 0.717) is 25.3 Å². The molecule has 2 atom stereocenters. The van der Waals surface area contributed by atoms with E-state index in [9.17, 15) is 22.8 Å². The van der Waals surface area contributed by atoms with Crippen molar-refractivity contribution in [3.8, 4) is 5.88 Å². The maximum absolute atomic E-state index is 12.0. The predicted molar refractivity (Wildman–Crippen MR) is 107 cm³/mol. The van der Waals surface area contributed by atoms with Crippen molar-refractivity contribution < 1.29 is 47.9 Å². The SMILES string of the molecule is CN1CCC=C(c2nsnc2OCCCCCC(F)(F)F)C1.O=C(O)[C@H](O)[C@@H](O)C(=O)O. The summed E-state index contributed by atoms with van der Waals surface area (Å²) in [4.78, 5) is 21.7. The van der Waals surface area contributed by atoms with E-state index in [2.05, 4.69) is 19.7 Å². The monoisotopic (exact) mass is 485 g/mol. The lowest BCUT2D eigenvalue weighted by Gasteiger charge is -2.22. The van der Waals surface area contributed by atoms with Crippen LogP contribution in [0.3, 0.4) is 0 Å². The molecule has 0 saturated heterocycles. The van der Waals surface area contributed by atoms with Gasteiger partial charge in [-0.2, -0.15) is 17.5 Å². The van der Waals surface area contributed by atoms with Crippen LogP contribution in [-0.4, -0.2) is 91.1 Å². The van der Waals surface area contributed by atoms with Gasteiger partial charge in [-0.3, -0.25) is 0 Å². The molecule has 2 heterocycles. The summed E-state index contributed by atoms with van der Waals surface area (Å²) < 4.78 is 50.1. The van der Waals surface area contributed by atoms with Crippen molar-refractivity contribution in [3.63, 3.8) is 0 Å². The number of carbonyl (C=O) groups is 2. The van der Waals surface area contributed by atoms with Gasteiger partial charge in [0.15, 0.2) is 12.2 Å². The Balaban J connectivity index is 0.000000433. The number of aromatic nitrogens is 2. The normalized spacial score (nSPS) is 16.4. The Labute approximate surface area is 186 Å².